The highest BCUT2D eigenvalue weighted by atomic mass is 16.3. The van der Waals surface area contributed by atoms with E-state index in [4.69, 9.17) is 0 Å². The summed E-state index contributed by atoms with van der Waals surface area (Å²) in [5.74, 6) is 0.461. The molecule has 2 rings (SSSR count). The van der Waals surface area contributed by atoms with E-state index in [-0.39, 0.29) is 24.0 Å². The van der Waals surface area contributed by atoms with E-state index in [0.717, 1.165) is 25.9 Å². The van der Waals surface area contributed by atoms with Gasteiger partial charge in [-0.2, -0.15) is 0 Å². The van der Waals surface area contributed by atoms with E-state index in [1.165, 1.54) is 0 Å². The van der Waals surface area contributed by atoms with Crippen LogP contribution < -0.4 is 5.32 Å². The van der Waals surface area contributed by atoms with Gasteiger partial charge in [-0.1, -0.05) is 0 Å². The molecule has 1 fully saturated rings. The number of aliphatic hydroxyl groups is 1. The highest BCUT2D eigenvalue weighted by molar-refractivity contribution is 5.93. The number of anilines is 1. The van der Waals surface area contributed by atoms with Gasteiger partial charge in [-0.3, -0.25) is 15.0 Å². The van der Waals surface area contributed by atoms with Crippen LogP contribution in [0.1, 0.15) is 26.7 Å². The molecule has 1 aliphatic rings. The van der Waals surface area contributed by atoms with E-state index in [9.17, 15) is 9.90 Å². The van der Waals surface area contributed by atoms with Gasteiger partial charge in [0.15, 0.2) is 0 Å². The van der Waals surface area contributed by atoms with Crippen LogP contribution in [0.15, 0.2) is 18.5 Å². The SMILES string of the molecule is CC(O)C1CCCN(C(C)C(=O)Nc2ncccn2)C1. The van der Waals surface area contributed by atoms with E-state index in [2.05, 4.69) is 20.2 Å². The molecule has 20 heavy (non-hydrogen) atoms. The number of nitrogens with one attached hydrogen (secondary N) is 1. The Balaban J connectivity index is 1.93. The van der Waals surface area contributed by atoms with Gasteiger partial charge in [0, 0.05) is 18.9 Å². The van der Waals surface area contributed by atoms with Gasteiger partial charge in [-0.05, 0) is 45.2 Å². The fraction of sp³-hybridized carbons (Fsp3) is 0.643. The predicted octanol–water partition coefficient (Wildman–Crippen LogP) is 0.896. The lowest BCUT2D eigenvalue weighted by atomic mass is 9.92. The Morgan fingerprint density at radius 3 is 2.80 bits per heavy atom. The first-order valence-corrected chi connectivity index (χ1v) is 7.08. The summed E-state index contributed by atoms with van der Waals surface area (Å²) in [6.45, 7) is 5.33. The van der Waals surface area contributed by atoms with Gasteiger partial charge in [0.1, 0.15) is 0 Å². The molecule has 0 aliphatic carbocycles. The Morgan fingerprint density at radius 2 is 2.15 bits per heavy atom. The fourth-order valence-electron chi connectivity index (χ4n) is 2.53. The van der Waals surface area contributed by atoms with Crippen LogP contribution in [-0.2, 0) is 4.79 Å². The molecule has 2 N–H and O–H groups in total. The maximum Gasteiger partial charge on any atom is 0.243 e. The number of piperidine rings is 1. The van der Waals surface area contributed by atoms with Gasteiger partial charge in [-0.25, -0.2) is 9.97 Å². The van der Waals surface area contributed by atoms with E-state index in [1.807, 2.05) is 13.8 Å². The molecule has 0 bridgehead atoms. The van der Waals surface area contributed by atoms with Crippen molar-refractivity contribution >= 4 is 11.9 Å². The van der Waals surface area contributed by atoms with Crippen molar-refractivity contribution in [2.75, 3.05) is 18.4 Å². The summed E-state index contributed by atoms with van der Waals surface area (Å²) < 4.78 is 0. The average Bonchev–Trinajstić information content (AvgIpc) is 2.47. The number of nitrogens with zero attached hydrogens (tertiary/aromatic N) is 3. The van der Waals surface area contributed by atoms with Crippen LogP contribution in [0.5, 0.6) is 0 Å². The summed E-state index contributed by atoms with van der Waals surface area (Å²) in [6.07, 6.45) is 4.89. The molecule has 6 heteroatoms. The Hall–Kier alpha value is -1.53. The Bertz CT molecular complexity index is 438. The summed E-state index contributed by atoms with van der Waals surface area (Å²) in [6, 6.07) is 1.46. The molecule has 1 aromatic rings. The van der Waals surface area contributed by atoms with Crippen LogP contribution in [-0.4, -0.2) is 51.1 Å². The van der Waals surface area contributed by atoms with Crippen LogP contribution in [0.25, 0.3) is 0 Å². The van der Waals surface area contributed by atoms with Gasteiger partial charge in [0.25, 0.3) is 0 Å². The molecular weight excluding hydrogens is 256 g/mol. The summed E-state index contributed by atoms with van der Waals surface area (Å²) >= 11 is 0. The molecule has 1 saturated heterocycles. The largest absolute Gasteiger partial charge is 0.393 e. The minimum absolute atomic E-state index is 0.109. The molecule has 1 amide bonds. The number of carbonyl (C=O) groups is 1. The van der Waals surface area contributed by atoms with Crippen LogP contribution in [0.2, 0.25) is 0 Å². The van der Waals surface area contributed by atoms with Crippen molar-refractivity contribution in [1.82, 2.24) is 14.9 Å². The van der Waals surface area contributed by atoms with E-state index in [0.29, 0.717) is 5.95 Å². The molecule has 110 valence electrons. The van der Waals surface area contributed by atoms with E-state index >= 15 is 0 Å². The van der Waals surface area contributed by atoms with E-state index < -0.39 is 0 Å². The lowest BCUT2D eigenvalue weighted by Gasteiger charge is -2.37. The number of aromatic nitrogens is 2. The maximum absolute atomic E-state index is 12.2. The smallest absolute Gasteiger partial charge is 0.243 e. The third-order valence-corrected chi connectivity index (χ3v) is 3.90. The monoisotopic (exact) mass is 278 g/mol. The second-order valence-electron chi connectivity index (χ2n) is 5.38. The molecule has 2 heterocycles. The lowest BCUT2D eigenvalue weighted by Crippen LogP contribution is -2.48. The van der Waals surface area contributed by atoms with Crippen LogP contribution >= 0.6 is 0 Å². The molecule has 1 aliphatic heterocycles. The third-order valence-electron chi connectivity index (χ3n) is 3.90. The molecule has 0 spiro atoms. The number of hydrogen-bond donors (Lipinski definition) is 2. The summed E-state index contributed by atoms with van der Waals surface area (Å²) in [5, 5.41) is 12.4. The second kappa shape index (κ2) is 6.76. The number of aliphatic hydroxyl groups excluding tert-OH is 1. The summed E-state index contributed by atoms with van der Waals surface area (Å²) in [7, 11) is 0. The Kier molecular flexibility index (Phi) is 5.03. The molecule has 0 radical (unpaired) electrons. The predicted molar refractivity (Wildman–Crippen MR) is 76.1 cm³/mol. The first-order valence-electron chi connectivity index (χ1n) is 7.08. The van der Waals surface area contributed by atoms with Crippen LogP contribution in [0.4, 0.5) is 5.95 Å². The topological polar surface area (TPSA) is 78.4 Å². The summed E-state index contributed by atoms with van der Waals surface area (Å²) in [5.41, 5.74) is 0. The third kappa shape index (κ3) is 3.74. The molecule has 3 unspecified atom stereocenters. The zero-order chi connectivity index (χ0) is 14.5. The van der Waals surface area contributed by atoms with Crippen molar-refractivity contribution in [3.05, 3.63) is 18.5 Å². The molecule has 1 aromatic heterocycles. The highest BCUT2D eigenvalue weighted by Crippen LogP contribution is 2.21. The van der Waals surface area contributed by atoms with Crippen molar-refractivity contribution in [3.63, 3.8) is 0 Å². The minimum Gasteiger partial charge on any atom is -0.393 e. The Labute approximate surface area is 119 Å². The number of likely N-dealkylation sites (tertiary alicyclic amines) is 1. The quantitative estimate of drug-likeness (QED) is 0.855. The lowest BCUT2D eigenvalue weighted by molar-refractivity contribution is -0.121. The van der Waals surface area contributed by atoms with Crippen molar-refractivity contribution < 1.29 is 9.90 Å². The van der Waals surface area contributed by atoms with Crippen molar-refractivity contribution in [2.24, 2.45) is 5.92 Å². The van der Waals surface area contributed by atoms with Gasteiger partial charge in [0.2, 0.25) is 11.9 Å². The van der Waals surface area contributed by atoms with Gasteiger partial charge < -0.3 is 5.11 Å². The van der Waals surface area contributed by atoms with Gasteiger partial charge >= 0.3 is 0 Å². The maximum atomic E-state index is 12.2. The fourth-order valence-corrected chi connectivity index (χ4v) is 2.53. The highest BCUT2D eigenvalue weighted by Gasteiger charge is 2.29. The molecule has 3 atom stereocenters. The average molecular weight is 278 g/mol. The van der Waals surface area contributed by atoms with Crippen molar-refractivity contribution in [2.45, 2.75) is 38.8 Å². The summed E-state index contributed by atoms with van der Waals surface area (Å²) in [4.78, 5) is 22.3. The molecule has 0 aromatic carbocycles. The first-order chi connectivity index (χ1) is 9.58. The van der Waals surface area contributed by atoms with Crippen LogP contribution in [0, 0.1) is 5.92 Å². The zero-order valence-electron chi connectivity index (χ0n) is 12.0. The molecular formula is C14H22N4O2. The molecule has 6 nitrogen and oxygen atoms in total. The first kappa shape index (κ1) is 14.9. The number of amides is 1. The van der Waals surface area contributed by atoms with Crippen LogP contribution in [0.3, 0.4) is 0 Å². The minimum atomic E-state index is -0.328. The number of carbonyl (C=O) groups excluding carboxylic acids is 1. The second-order valence-corrected chi connectivity index (χ2v) is 5.38. The number of hydrogen-bond acceptors (Lipinski definition) is 5. The van der Waals surface area contributed by atoms with Gasteiger partial charge in [0.05, 0.1) is 12.1 Å². The van der Waals surface area contributed by atoms with E-state index in [1.54, 1.807) is 18.5 Å². The van der Waals surface area contributed by atoms with Crippen molar-refractivity contribution in [3.8, 4) is 0 Å². The Morgan fingerprint density at radius 1 is 1.45 bits per heavy atom. The standard InChI is InChI=1S/C14H22N4O2/c1-10(13(20)17-14-15-6-4-7-16-14)18-8-3-5-12(9-18)11(2)19/h4,6-7,10-12,19H,3,5,8-9H2,1-2H3,(H,15,16,17,20). The normalized spacial score (nSPS) is 23.1. The van der Waals surface area contributed by atoms with Gasteiger partial charge in [-0.15, -0.1) is 0 Å². The molecule has 0 saturated carbocycles. The number of rotatable bonds is 4. The van der Waals surface area contributed by atoms with Crippen molar-refractivity contribution in [1.29, 1.82) is 0 Å². The zero-order valence-corrected chi connectivity index (χ0v) is 12.0.